The van der Waals surface area contributed by atoms with E-state index in [1.807, 2.05) is 0 Å². The molecular weight excluding hydrogens is 298 g/mol. The molecule has 1 aliphatic carbocycles. The lowest BCUT2D eigenvalue weighted by Gasteiger charge is -2.31. The number of para-hydroxylation sites is 1. The van der Waals surface area contributed by atoms with E-state index in [9.17, 15) is 14.7 Å². The molecule has 1 aromatic carbocycles. The molecule has 23 heavy (non-hydrogen) atoms. The molecule has 0 aromatic heterocycles. The molecule has 6 nitrogen and oxygen atoms in total. The van der Waals surface area contributed by atoms with Crippen molar-refractivity contribution in [2.24, 2.45) is 0 Å². The van der Waals surface area contributed by atoms with Crippen molar-refractivity contribution in [3.8, 4) is 11.5 Å². The third-order valence-electron chi connectivity index (χ3n) is 4.28. The first-order valence-corrected chi connectivity index (χ1v) is 7.83. The normalized spacial score (nSPS) is 15.0. The third kappa shape index (κ3) is 4.15. The van der Waals surface area contributed by atoms with Gasteiger partial charge < -0.3 is 19.5 Å². The molecule has 1 saturated carbocycles. The van der Waals surface area contributed by atoms with E-state index in [2.05, 4.69) is 0 Å². The molecule has 6 heteroatoms. The van der Waals surface area contributed by atoms with Crippen molar-refractivity contribution in [3.05, 3.63) is 23.8 Å². The van der Waals surface area contributed by atoms with E-state index in [1.54, 1.807) is 18.0 Å². The molecule has 1 aromatic rings. The molecule has 2 rings (SSSR count). The van der Waals surface area contributed by atoms with Gasteiger partial charge in [-0.2, -0.15) is 0 Å². The lowest BCUT2D eigenvalue weighted by Crippen LogP contribution is -2.40. The zero-order valence-corrected chi connectivity index (χ0v) is 13.6. The number of phenols is 1. The summed E-state index contributed by atoms with van der Waals surface area (Å²) in [7, 11) is 3.14. The summed E-state index contributed by atoms with van der Waals surface area (Å²) in [5.41, 5.74) is -0.0162. The first-order chi connectivity index (χ1) is 11.0. The number of carbonyl (C=O) groups excluding carboxylic acids is 2. The van der Waals surface area contributed by atoms with Crippen molar-refractivity contribution in [2.75, 3.05) is 20.8 Å². The van der Waals surface area contributed by atoms with Gasteiger partial charge >= 0.3 is 5.97 Å². The molecule has 1 N–H and O–H groups in total. The number of carbonyl (C=O) groups is 2. The number of hydrogen-bond acceptors (Lipinski definition) is 5. The third-order valence-corrected chi connectivity index (χ3v) is 4.28. The van der Waals surface area contributed by atoms with Gasteiger partial charge in [-0.05, 0) is 25.0 Å². The van der Waals surface area contributed by atoms with Crippen LogP contribution < -0.4 is 4.74 Å². The Kier molecular flexibility index (Phi) is 5.84. The number of rotatable bonds is 5. The molecule has 1 amide bonds. The van der Waals surface area contributed by atoms with E-state index >= 15 is 0 Å². The van der Waals surface area contributed by atoms with Gasteiger partial charge in [0.25, 0.3) is 5.91 Å². The Hall–Kier alpha value is -2.24. The molecule has 1 aliphatic rings. The van der Waals surface area contributed by atoms with Crippen LogP contribution >= 0.6 is 0 Å². The number of nitrogens with zero attached hydrogens (tertiary/aromatic N) is 1. The predicted molar refractivity (Wildman–Crippen MR) is 84.6 cm³/mol. The fourth-order valence-electron chi connectivity index (χ4n) is 2.83. The molecule has 0 heterocycles. The van der Waals surface area contributed by atoms with E-state index in [-0.39, 0.29) is 35.6 Å². The number of ether oxygens (including phenoxy) is 2. The second-order valence-corrected chi connectivity index (χ2v) is 5.73. The average molecular weight is 321 g/mol. The van der Waals surface area contributed by atoms with Crippen LogP contribution in [0.25, 0.3) is 0 Å². The fourth-order valence-corrected chi connectivity index (χ4v) is 2.83. The van der Waals surface area contributed by atoms with Crippen molar-refractivity contribution in [1.82, 2.24) is 4.90 Å². The van der Waals surface area contributed by atoms with Crippen molar-refractivity contribution < 1.29 is 24.2 Å². The van der Waals surface area contributed by atoms with Crippen LogP contribution in [-0.4, -0.2) is 48.7 Å². The van der Waals surface area contributed by atoms with Crippen molar-refractivity contribution >= 4 is 11.9 Å². The molecule has 0 atom stereocenters. The molecule has 1 fully saturated rings. The van der Waals surface area contributed by atoms with E-state index in [1.165, 1.54) is 25.7 Å². The van der Waals surface area contributed by atoms with Crippen LogP contribution in [0.5, 0.6) is 11.5 Å². The number of amides is 1. The van der Waals surface area contributed by atoms with Gasteiger partial charge in [-0.15, -0.1) is 0 Å². The highest BCUT2D eigenvalue weighted by atomic mass is 16.5. The lowest BCUT2D eigenvalue weighted by molar-refractivity contribution is -0.135. The molecule has 126 valence electrons. The van der Waals surface area contributed by atoms with Crippen LogP contribution in [0.2, 0.25) is 0 Å². The fraction of sp³-hybridized carbons (Fsp3) is 0.529. The van der Waals surface area contributed by atoms with Crippen LogP contribution in [0.3, 0.4) is 0 Å². The van der Waals surface area contributed by atoms with E-state index < -0.39 is 5.97 Å². The van der Waals surface area contributed by atoms with Gasteiger partial charge in [-0.1, -0.05) is 25.3 Å². The smallest absolute Gasteiger partial charge is 0.342 e. The van der Waals surface area contributed by atoms with Crippen LogP contribution in [0, 0.1) is 0 Å². The van der Waals surface area contributed by atoms with Gasteiger partial charge in [-0.3, -0.25) is 4.79 Å². The molecule has 0 saturated heterocycles. The Labute approximate surface area is 136 Å². The zero-order valence-electron chi connectivity index (χ0n) is 13.6. The number of methoxy groups -OCH3 is 1. The number of esters is 1. The molecule has 0 bridgehead atoms. The highest BCUT2D eigenvalue weighted by Gasteiger charge is 2.23. The summed E-state index contributed by atoms with van der Waals surface area (Å²) in [6, 6.07) is 4.76. The minimum atomic E-state index is -0.744. The Morgan fingerprint density at radius 3 is 2.61 bits per heavy atom. The summed E-state index contributed by atoms with van der Waals surface area (Å²) in [6.45, 7) is -0.331. The number of phenolic OH excluding ortho intramolecular Hbond substituents is 1. The lowest BCUT2D eigenvalue weighted by atomic mass is 9.94. The topological polar surface area (TPSA) is 76.1 Å². The maximum Gasteiger partial charge on any atom is 0.342 e. The van der Waals surface area contributed by atoms with E-state index in [4.69, 9.17) is 9.47 Å². The van der Waals surface area contributed by atoms with Crippen molar-refractivity contribution in [1.29, 1.82) is 0 Å². The summed E-state index contributed by atoms with van der Waals surface area (Å²) in [6.07, 6.45) is 5.45. The largest absolute Gasteiger partial charge is 0.504 e. The molecular formula is C17H23NO5. The number of aromatic hydroxyl groups is 1. The predicted octanol–water partition coefficient (Wildman–Crippen LogP) is 2.35. The molecule has 0 aliphatic heterocycles. The Balaban J connectivity index is 1.92. The molecule has 0 unspecified atom stereocenters. The quantitative estimate of drug-likeness (QED) is 0.843. The van der Waals surface area contributed by atoms with E-state index in [0.29, 0.717) is 0 Å². The first kappa shape index (κ1) is 17.1. The monoisotopic (exact) mass is 321 g/mol. The van der Waals surface area contributed by atoms with Gasteiger partial charge in [0.2, 0.25) is 0 Å². The van der Waals surface area contributed by atoms with Crippen LogP contribution in [0.15, 0.2) is 18.2 Å². The van der Waals surface area contributed by atoms with Crippen molar-refractivity contribution in [2.45, 2.75) is 38.1 Å². The Bertz CT molecular complexity index is 566. The van der Waals surface area contributed by atoms with Crippen LogP contribution in [-0.2, 0) is 9.53 Å². The maximum atomic E-state index is 12.1. The number of hydrogen-bond donors (Lipinski definition) is 1. The summed E-state index contributed by atoms with van der Waals surface area (Å²) < 4.78 is 9.98. The Morgan fingerprint density at radius 2 is 1.96 bits per heavy atom. The highest BCUT2D eigenvalue weighted by molar-refractivity contribution is 5.94. The average Bonchev–Trinajstić information content (AvgIpc) is 2.59. The number of benzene rings is 1. The van der Waals surface area contributed by atoms with Gasteiger partial charge in [0.15, 0.2) is 18.1 Å². The van der Waals surface area contributed by atoms with Crippen molar-refractivity contribution in [3.63, 3.8) is 0 Å². The summed E-state index contributed by atoms with van der Waals surface area (Å²) >= 11 is 0. The standard InChI is InChI=1S/C17H23NO5/c1-18(12-7-4-3-5-8-12)15(19)11-23-17(21)13-9-6-10-14(22-2)16(13)20/h6,9-10,12,20H,3-5,7-8,11H2,1-2H3. The Morgan fingerprint density at radius 1 is 1.26 bits per heavy atom. The SMILES string of the molecule is COc1cccc(C(=O)OCC(=O)N(C)C2CCCCC2)c1O. The van der Waals surface area contributed by atoms with Gasteiger partial charge in [0.05, 0.1) is 7.11 Å². The van der Waals surface area contributed by atoms with E-state index in [0.717, 1.165) is 25.7 Å². The number of likely N-dealkylation sites (N-methyl/N-ethyl adjacent to an activating group) is 1. The minimum absolute atomic E-state index is 0.0162. The van der Waals surface area contributed by atoms with Crippen LogP contribution in [0.1, 0.15) is 42.5 Å². The summed E-state index contributed by atoms with van der Waals surface area (Å²) in [5.74, 6) is -1.07. The van der Waals surface area contributed by atoms with Gasteiger partial charge in [0, 0.05) is 13.1 Å². The highest BCUT2D eigenvalue weighted by Crippen LogP contribution is 2.29. The zero-order chi connectivity index (χ0) is 16.8. The van der Waals surface area contributed by atoms with Gasteiger partial charge in [-0.25, -0.2) is 4.79 Å². The first-order valence-electron chi connectivity index (χ1n) is 7.83. The summed E-state index contributed by atoms with van der Waals surface area (Å²) in [5, 5.41) is 9.92. The second-order valence-electron chi connectivity index (χ2n) is 5.73. The maximum absolute atomic E-state index is 12.1. The minimum Gasteiger partial charge on any atom is -0.504 e. The second kappa shape index (κ2) is 7.85. The molecule has 0 spiro atoms. The van der Waals surface area contributed by atoms with Gasteiger partial charge in [0.1, 0.15) is 5.56 Å². The molecule has 0 radical (unpaired) electrons. The summed E-state index contributed by atoms with van der Waals surface area (Å²) in [4.78, 5) is 25.8. The van der Waals surface area contributed by atoms with Crippen LogP contribution in [0.4, 0.5) is 0 Å².